The second kappa shape index (κ2) is 12.3. The molecule has 2 aromatic carbocycles. The molecule has 2 N–H and O–H groups in total. The van der Waals surface area contributed by atoms with Crippen LogP contribution < -0.4 is 15.4 Å². The monoisotopic (exact) mass is 507 g/mol. The van der Waals surface area contributed by atoms with Gasteiger partial charge in [0.15, 0.2) is 0 Å². The molecule has 0 aliphatic carbocycles. The van der Waals surface area contributed by atoms with Gasteiger partial charge in [-0.25, -0.2) is 4.79 Å². The first-order valence-electron chi connectivity index (χ1n) is 12.1. The van der Waals surface area contributed by atoms with Crippen LogP contribution in [0.5, 0.6) is 5.75 Å². The smallest absolute Gasteiger partial charge is 0.408 e. The molecule has 2 aromatic rings. The molecule has 198 valence electrons. The van der Waals surface area contributed by atoms with E-state index >= 15 is 0 Å². The number of methoxy groups -OCH3 is 1. The summed E-state index contributed by atoms with van der Waals surface area (Å²) < 4.78 is 10.5. The highest BCUT2D eigenvalue weighted by Crippen LogP contribution is 2.28. The lowest BCUT2D eigenvalue weighted by Gasteiger charge is -2.32. The molecule has 2 rings (SSSR count). The molecule has 0 spiro atoms. The number of anilines is 1. The second-order valence-corrected chi connectivity index (χ2v) is 10.2. The number of benzene rings is 2. The van der Waals surface area contributed by atoms with Crippen molar-refractivity contribution >= 4 is 23.6 Å². The van der Waals surface area contributed by atoms with Crippen molar-refractivity contribution in [2.45, 2.75) is 66.2 Å². The van der Waals surface area contributed by atoms with Crippen molar-refractivity contribution in [3.63, 3.8) is 0 Å². The molecule has 8 heteroatoms. The maximum atomic E-state index is 13.8. The lowest BCUT2D eigenvalue weighted by Crippen LogP contribution is -2.53. The van der Waals surface area contributed by atoms with E-state index in [1.165, 1.54) is 0 Å². The Hall–Kier alpha value is -3.99. The fraction of sp³-hybridized carbons (Fsp3) is 0.414. The summed E-state index contributed by atoms with van der Waals surface area (Å²) in [5, 5.41) is 5.47. The Kier molecular flexibility index (Phi) is 9.73. The van der Waals surface area contributed by atoms with Gasteiger partial charge in [-0.05, 0) is 75.9 Å². The number of nitrogens with zero attached hydrogens (tertiary/aromatic N) is 1. The zero-order valence-corrected chi connectivity index (χ0v) is 22.8. The van der Waals surface area contributed by atoms with Crippen LogP contribution in [-0.4, -0.2) is 41.6 Å². The first kappa shape index (κ1) is 29.2. The first-order chi connectivity index (χ1) is 17.3. The fourth-order valence-electron chi connectivity index (χ4n) is 3.78. The number of hydrogen-bond donors (Lipinski definition) is 2. The minimum Gasteiger partial charge on any atom is -0.497 e. The molecule has 2 atom stereocenters. The molecule has 0 aliphatic rings. The topological polar surface area (TPSA) is 97.0 Å². The lowest BCUT2D eigenvalue weighted by molar-refractivity contribution is -0.137. The first-order valence-corrected chi connectivity index (χ1v) is 12.1. The van der Waals surface area contributed by atoms with Crippen LogP contribution in [0.2, 0.25) is 0 Å². The van der Waals surface area contributed by atoms with E-state index in [4.69, 9.17) is 15.9 Å². The maximum absolute atomic E-state index is 13.8. The Morgan fingerprint density at radius 1 is 1.03 bits per heavy atom. The molecule has 0 heterocycles. The number of rotatable bonds is 8. The molecule has 0 fully saturated rings. The Bertz CT molecular complexity index is 1160. The molecule has 37 heavy (non-hydrogen) atoms. The van der Waals surface area contributed by atoms with Crippen LogP contribution in [0.1, 0.15) is 57.4 Å². The van der Waals surface area contributed by atoms with Crippen LogP contribution in [0.3, 0.4) is 0 Å². The Morgan fingerprint density at radius 3 is 2.14 bits per heavy atom. The van der Waals surface area contributed by atoms with E-state index in [0.717, 1.165) is 16.0 Å². The van der Waals surface area contributed by atoms with Gasteiger partial charge in [0.1, 0.15) is 23.4 Å². The minimum absolute atomic E-state index is 0.333. The highest BCUT2D eigenvalue weighted by molar-refractivity contribution is 5.99. The van der Waals surface area contributed by atoms with Gasteiger partial charge in [-0.15, -0.1) is 0 Å². The summed E-state index contributed by atoms with van der Waals surface area (Å²) in [6, 6.07) is 12.6. The Labute approximate surface area is 219 Å². The van der Waals surface area contributed by atoms with Gasteiger partial charge in [-0.3, -0.25) is 14.5 Å². The van der Waals surface area contributed by atoms with E-state index in [1.54, 1.807) is 72.1 Å². The van der Waals surface area contributed by atoms with Crippen molar-refractivity contribution < 1.29 is 23.9 Å². The van der Waals surface area contributed by atoms with E-state index in [-0.39, 0.29) is 5.92 Å². The summed E-state index contributed by atoms with van der Waals surface area (Å²) in [5.41, 5.74) is 2.13. The number of hydrogen-bond acceptors (Lipinski definition) is 5. The molecule has 0 radical (unpaired) electrons. The number of ether oxygens (including phenoxy) is 2. The summed E-state index contributed by atoms with van der Waals surface area (Å²) in [4.78, 5) is 41.0. The number of nitrogens with one attached hydrogen (secondary N) is 2. The fourth-order valence-corrected chi connectivity index (χ4v) is 3.78. The van der Waals surface area contributed by atoms with Gasteiger partial charge in [-0.2, -0.15) is 0 Å². The molecule has 0 aliphatic heterocycles. The van der Waals surface area contributed by atoms with Crippen LogP contribution in [0.4, 0.5) is 10.5 Å². The lowest BCUT2D eigenvalue weighted by atomic mass is 9.95. The van der Waals surface area contributed by atoms with Crippen LogP contribution in [0, 0.1) is 32.2 Å². The summed E-state index contributed by atoms with van der Waals surface area (Å²) in [5.74, 6) is -0.793. The molecular weight excluding hydrogens is 470 g/mol. The molecule has 2 unspecified atom stereocenters. The Morgan fingerprint density at radius 2 is 1.65 bits per heavy atom. The number of terminal acetylenes is 1. The zero-order chi connectivity index (χ0) is 27.9. The summed E-state index contributed by atoms with van der Waals surface area (Å²) in [6.07, 6.45) is 5.10. The van der Waals surface area contributed by atoms with Crippen molar-refractivity contribution in [1.29, 1.82) is 0 Å². The molecule has 0 saturated heterocycles. The Balaban J connectivity index is 2.48. The van der Waals surface area contributed by atoms with Gasteiger partial charge < -0.3 is 20.1 Å². The quantitative estimate of drug-likeness (QED) is 0.389. The van der Waals surface area contributed by atoms with Crippen molar-refractivity contribution in [1.82, 2.24) is 10.2 Å². The molecule has 0 saturated carbocycles. The average Bonchev–Trinajstić information content (AvgIpc) is 2.80. The van der Waals surface area contributed by atoms with Gasteiger partial charge in [0, 0.05) is 11.7 Å². The number of aryl methyl sites for hydroxylation is 2. The second-order valence-electron chi connectivity index (χ2n) is 10.2. The number of amides is 3. The summed E-state index contributed by atoms with van der Waals surface area (Å²) in [6.45, 7) is 12.5. The highest BCUT2D eigenvalue weighted by atomic mass is 16.6. The molecule has 8 nitrogen and oxygen atoms in total. The van der Waals surface area contributed by atoms with Gasteiger partial charge in [0.05, 0.1) is 7.11 Å². The van der Waals surface area contributed by atoms with Gasteiger partial charge in [0.2, 0.25) is 0 Å². The van der Waals surface area contributed by atoms with Crippen LogP contribution in [-0.2, 0) is 14.3 Å². The third-order valence-electron chi connectivity index (χ3n) is 5.57. The minimum atomic E-state index is -1.15. The van der Waals surface area contributed by atoms with Gasteiger partial charge >= 0.3 is 6.09 Å². The van der Waals surface area contributed by atoms with Crippen LogP contribution in [0.25, 0.3) is 0 Å². The van der Waals surface area contributed by atoms with E-state index < -0.39 is 35.6 Å². The van der Waals surface area contributed by atoms with E-state index in [0.29, 0.717) is 17.0 Å². The highest BCUT2D eigenvalue weighted by Gasteiger charge is 2.37. The molecule has 0 aromatic heterocycles. The summed E-state index contributed by atoms with van der Waals surface area (Å²) in [7, 11) is 1.55. The zero-order valence-electron chi connectivity index (χ0n) is 22.8. The predicted molar refractivity (Wildman–Crippen MR) is 144 cm³/mol. The molecule has 3 amide bonds. The van der Waals surface area contributed by atoms with Crippen LogP contribution in [0.15, 0.2) is 42.5 Å². The largest absolute Gasteiger partial charge is 0.497 e. The van der Waals surface area contributed by atoms with Crippen LogP contribution >= 0.6 is 0 Å². The van der Waals surface area contributed by atoms with Crippen molar-refractivity contribution in [3.8, 4) is 18.2 Å². The third-order valence-corrected chi connectivity index (χ3v) is 5.57. The number of alkyl carbamates (subject to hydrolysis) is 1. The maximum Gasteiger partial charge on any atom is 0.408 e. The van der Waals surface area contributed by atoms with E-state index in [9.17, 15) is 14.4 Å². The van der Waals surface area contributed by atoms with Gasteiger partial charge in [0.25, 0.3) is 11.8 Å². The molecule has 0 bridgehead atoms. The van der Waals surface area contributed by atoms with Crippen molar-refractivity contribution in [3.05, 3.63) is 59.2 Å². The number of carbonyl (C=O) groups is 3. The SMILES string of the molecule is C#CN(C(=O)C(NC(=O)OC(C)(C)C)C(C)C)C(C(=O)Nc1ccc(OC)cc1)c1ccc(C)cc1C. The third kappa shape index (κ3) is 8.01. The van der Waals surface area contributed by atoms with Gasteiger partial charge in [-0.1, -0.05) is 44.0 Å². The van der Waals surface area contributed by atoms with E-state index in [2.05, 4.69) is 16.7 Å². The summed E-state index contributed by atoms with van der Waals surface area (Å²) >= 11 is 0. The van der Waals surface area contributed by atoms with E-state index in [1.807, 2.05) is 26.0 Å². The normalized spacial score (nSPS) is 12.6. The average molecular weight is 508 g/mol. The predicted octanol–water partition coefficient (Wildman–Crippen LogP) is 4.96. The van der Waals surface area contributed by atoms with Crippen molar-refractivity contribution in [2.75, 3.05) is 12.4 Å². The van der Waals surface area contributed by atoms with Crippen molar-refractivity contribution in [2.24, 2.45) is 5.92 Å². The standard InChI is InChI=1S/C29H37N3O5/c1-10-32(27(34)24(18(2)3)31-28(35)37-29(6,7)8)25(23-16-11-19(4)17-20(23)5)26(33)30-21-12-14-22(36-9)15-13-21/h1,11-18,24-25H,2-9H3,(H,30,33)(H,31,35). The number of carbonyl (C=O) groups excluding carboxylic acids is 3. The molecular formula is C29H37N3O5.